The van der Waals surface area contributed by atoms with Gasteiger partial charge in [0.1, 0.15) is 11.4 Å². The van der Waals surface area contributed by atoms with E-state index in [1.165, 1.54) is 29.6 Å². The molecule has 3 atom stereocenters. The van der Waals surface area contributed by atoms with Crippen LogP contribution in [0.4, 0.5) is 9.18 Å². The number of H-pyrrole nitrogens is 1. The summed E-state index contributed by atoms with van der Waals surface area (Å²) in [5.74, 6) is -0.736. The average Bonchev–Trinajstić information content (AvgIpc) is 3.25. The Morgan fingerprint density at radius 1 is 1.24 bits per heavy atom. The molecule has 4 rings (SSSR count). The van der Waals surface area contributed by atoms with Gasteiger partial charge in [-0.3, -0.25) is 9.59 Å². The Kier molecular flexibility index (Phi) is 4.81. The second kappa shape index (κ2) is 7.31. The minimum Gasteiger partial charge on any atom is -0.338 e. The Bertz CT molecular complexity index is 1010. The number of nitrogens with one attached hydrogen (secondary N) is 1. The molecule has 29 heavy (non-hydrogen) atoms. The molecule has 2 aliphatic rings. The van der Waals surface area contributed by atoms with Gasteiger partial charge in [0.2, 0.25) is 0 Å². The summed E-state index contributed by atoms with van der Waals surface area (Å²) in [6, 6.07) is 5.77. The Morgan fingerprint density at radius 3 is 2.72 bits per heavy atom. The van der Waals surface area contributed by atoms with Crippen molar-refractivity contribution in [3.05, 3.63) is 64.1 Å². The Balaban J connectivity index is 1.64. The Labute approximate surface area is 166 Å². The fourth-order valence-corrected chi connectivity index (χ4v) is 4.45. The van der Waals surface area contributed by atoms with E-state index in [4.69, 9.17) is 0 Å². The summed E-state index contributed by atoms with van der Waals surface area (Å²) in [5.41, 5.74) is 0.227. The first kappa shape index (κ1) is 19.1. The number of aromatic nitrogens is 2. The maximum atomic E-state index is 13.9. The molecule has 2 aromatic rings. The third kappa shape index (κ3) is 3.37. The van der Waals surface area contributed by atoms with Gasteiger partial charge < -0.3 is 19.7 Å². The van der Waals surface area contributed by atoms with E-state index < -0.39 is 5.56 Å². The summed E-state index contributed by atoms with van der Waals surface area (Å²) < 4.78 is 13.9. The number of rotatable bonds is 2. The molecule has 0 unspecified atom stereocenters. The van der Waals surface area contributed by atoms with Crippen LogP contribution in [-0.2, 0) is 0 Å². The van der Waals surface area contributed by atoms with Gasteiger partial charge in [-0.2, -0.15) is 0 Å². The number of fused-ring (bicyclic) bond motifs is 1. The Hall–Kier alpha value is -3.23. The van der Waals surface area contributed by atoms with Gasteiger partial charge in [-0.15, -0.1) is 0 Å². The molecule has 1 aromatic heterocycles. The van der Waals surface area contributed by atoms with Crippen molar-refractivity contribution in [1.29, 1.82) is 0 Å². The van der Waals surface area contributed by atoms with Crippen molar-refractivity contribution in [3.63, 3.8) is 0 Å². The van der Waals surface area contributed by atoms with E-state index in [9.17, 15) is 18.8 Å². The second-order valence-electron chi connectivity index (χ2n) is 7.76. The van der Waals surface area contributed by atoms with E-state index in [0.29, 0.717) is 25.2 Å². The number of carbonyl (C=O) groups excluding carboxylic acids is 2. The van der Waals surface area contributed by atoms with E-state index >= 15 is 0 Å². The standard InChI is InChI=1S/C20H22FN5O3/c1-24(2)20(29)26-9-13-8-25(19(28)15-7-22-11-23-18(15)27)10-16(13)17(26)12-4-3-5-14(21)6-12/h3-7,11,13,16-17H,8-10H2,1-2H3,(H,22,23,27)/t13-,16-,17-/m1/s1. The first-order valence-corrected chi connectivity index (χ1v) is 9.42. The maximum absolute atomic E-state index is 13.9. The molecular weight excluding hydrogens is 377 g/mol. The van der Waals surface area contributed by atoms with Gasteiger partial charge in [-0.1, -0.05) is 12.1 Å². The van der Waals surface area contributed by atoms with Crippen LogP contribution < -0.4 is 5.56 Å². The number of halogens is 1. The lowest BCUT2D eigenvalue weighted by molar-refractivity contribution is 0.0764. The fraction of sp³-hybridized carbons (Fsp3) is 0.400. The molecule has 9 heteroatoms. The number of hydrogen-bond donors (Lipinski definition) is 1. The molecule has 0 aliphatic carbocycles. The van der Waals surface area contributed by atoms with Crippen molar-refractivity contribution in [2.24, 2.45) is 11.8 Å². The van der Waals surface area contributed by atoms with Crippen LogP contribution >= 0.6 is 0 Å². The SMILES string of the molecule is CN(C)C(=O)N1C[C@H]2CN(C(=O)c3cnc[nH]c3=O)C[C@H]2[C@H]1c1cccc(F)c1. The molecule has 0 radical (unpaired) electrons. The van der Waals surface area contributed by atoms with Crippen LogP contribution in [0.15, 0.2) is 41.6 Å². The van der Waals surface area contributed by atoms with E-state index in [1.54, 1.807) is 30.0 Å². The summed E-state index contributed by atoms with van der Waals surface area (Å²) in [6.07, 6.45) is 2.50. The van der Waals surface area contributed by atoms with Gasteiger partial charge in [-0.05, 0) is 17.7 Å². The summed E-state index contributed by atoms with van der Waals surface area (Å²) >= 11 is 0. The summed E-state index contributed by atoms with van der Waals surface area (Å²) in [5, 5.41) is 0. The largest absolute Gasteiger partial charge is 0.338 e. The van der Waals surface area contributed by atoms with Crippen LogP contribution in [0.3, 0.4) is 0 Å². The minimum absolute atomic E-state index is 0.00370. The van der Waals surface area contributed by atoms with Crippen molar-refractivity contribution >= 4 is 11.9 Å². The van der Waals surface area contributed by atoms with E-state index in [1.807, 2.05) is 6.07 Å². The van der Waals surface area contributed by atoms with Crippen molar-refractivity contribution in [3.8, 4) is 0 Å². The molecule has 3 amide bonds. The van der Waals surface area contributed by atoms with Crippen LogP contribution in [0.1, 0.15) is 22.0 Å². The highest BCUT2D eigenvalue weighted by Crippen LogP contribution is 2.45. The van der Waals surface area contributed by atoms with Gasteiger partial charge in [0.05, 0.1) is 12.4 Å². The molecule has 2 saturated heterocycles. The third-order valence-corrected chi connectivity index (χ3v) is 5.72. The van der Waals surface area contributed by atoms with Crippen molar-refractivity contribution in [1.82, 2.24) is 24.7 Å². The van der Waals surface area contributed by atoms with Gasteiger partial charge in [0.25, 0.3) is 11.5 Å². The highest BCUT2D eigenvalue weighted by molar-refractivity contribution is 5.93. The van der Waals surface area contributed by atoms with Gasteiger partial charge in [-0.25, -0.2) is 14.2 Å². The first-order valence-electron chi connectivity index (χ1n) is 9.42. The quantitative estimate of drug-likeness (QED) is 0.825. The molecule has 152 valence electrons. The molecule has 0 spiro atoms. The lowest BCUT2D eigenvalue weighted by Crippen LogP contribution is -2.42. The normalized spacial score (nSPS) is 23.2. The number of hydrogen-bond acceptors (Lipinski definition) is 4. The number of likely N-dealkylation sites (tertiary alicyclic amines) is 2. The highest BCUT2D eigenvalue weighted by Gasteiger charge is 2.50. The van der Waals surface area contributed by atoms with Crippen molar-refractivity contribution < 1.29 is 14.0 Å². The number of carbonyl (C=O) groups is 2. The number of benzene rings is 1. The summed E-state index contributed by atoms with van der Waals surface area (Å²) in [7, 11) is 3.37. The average molecular weight is 399 g/mol. The van der Waals surface area contributed by atoms with E-state index in [0.717, 1.165) is 0 Å². The lowest BCUT2D eigenvalue weighted by Gasteiger charge is -2.31. The molecule has 0 bridgehead atoms. The number of amides is 3. The summed E-state index contributed by atoms with van der Waals surface area (Å²) in [4.78, 5) is 48.7. The van der Waals surface area contributed by atoms with Gasteiger partial charge >= 0.3 is 6.03 Å². The number of urea groups is 1. The first-order chi connectivity index (χ1) is 13.9. The predicted octanol–water partition coefficient (Wildman–Crippen LogP) is 1.34. The molecular formula is C20H22FN5O3. The predicted molar refractivity (Wildman–Crippen MR) is 103 cm³/mol. The van der Waals surface area contributed by atoms with Gasteiger partial charge in [0, 0.05) is 51.8 Å². The zero-order chi connectivity index (χ0) is 20.7. The zero-order valence-corrected chi connectivity index (χ0v) is 16.2. The molecule has 2 aliphatic heterocycles. The van der Waals surface area contributed by atoms with Crippen molar-refractivity contribution in [2.45, 2.75) is 6.04 Å². The van der Waals surface area contributed by atoms with E-state index in [-0.39, 0.29) is 41.2 Å². The highest BCUT2D eigenvalue weighted by atomic mass is 19.1. The molecule has 1 N–H and O–H groups in total. The smallest absolute Gasteiger partial charge is 0.320 e. The minimum atomic E-state index is -0.479. The van der Waals surface area contributed by atoms with Gasteiger partial charge in [0.15, 0.2) is 0 Å². The van der Waals surface area contributed by atoms with Crippen LogP contribution in [-0.4, -0.2) is 70.3 Å². The van der Waals surface area contributed by atoms with E-state index in [2.05, 4.69) is 9.97 Å². The van der Waals surface area contributed by atoms with Crippen LogP contribution in [0.25, 0.3) is 0 Å². The molecule has 1 aromatic carbocycles. The topological polar surface area (TPSA) is 89.6 Å². The number of nitrogens with zero attached hydrogens (tertiary/aromatic N) is 4. The third-order valence-electron chi connectivity index (χ3n) is 5.72. The second-order valence-corrected chi connectivity index (χ2v) is 7.76. The zero-order valence-electron chi connectivity index (χ0n) is 16.2. The van der Waals surface area contributed by atoms with Crippen LogP contribution in [0.2, 0.25) is 0 Å². The lowest BCUT2D eigenvalue weighted by atomic mass is 9.89. The fourth-order valence-electron chi connectivity index (χ4n) is 4.45. The molecule has 8 nitrogen and oxygen atoms in total. The Morgan fingerprint density at radius 2 is 2.03 bits per heavy atom. The molecule has 3 heterocycles. The van der Waals surface area contributed by atoms with Crippen molar-refractivity contribution in [2.75, 3.05) is 33.7 Å². The maximum Gasteiger partial charge on any atom is 0.320 e. The molecule has 2 fully saturated rings. The summed E-state index contributed by atoms with van der Waals surface area (Å²) in [6.45, 7) is 1.28. The van der Waals surface area contributed by atoms with Crippen LogP contribution in [0.5, 0.6) is 0 Å². The van der Waals surface area contributed by atoms with Crippen LogP contribution in [0, 0.1) is 17.7 Å². The number of aromatic amines is 1. The monoisotopic (exact) mass is 399 g/mol. The molecule has 0 saturated carbocycles.